The van der Waals surface area contributed by atoms with Gasteiger partial charge in [-0.15, -0.1) is 0 Å². The fraction of sp³-hybridized carbons (Fsp3) is 0.818. The van der Waals surface area contributed by atoms with Crippen LogP contribution in [0.1, 0.15) is 33.1 Å². The lowest BCUT2D eigenvalue weighted by atomic mass is 10.0. The van der Waals surface area contributed by atoms with Gasteiger partial charge < -0.3 is 10.4 Å². The summed E-state index contributed by atoms with van der Waals surface area (Å²) in [5.41, 5.74) is 2.75. The van der Waals surface area contributed by atoms with E-state index in [0.29, 0.717) is 5.92 Å². The van der Waals surface area contributed by atoms with Crippen molar-refractivity contribution in [3.05, 3.63) is 11.1 Å². The van der Waals surface area contributed by atoms with Gasteiger partial charge in [0.2, 0.25) is 0 Å². The number of hydrogen-bond acceptors (Lipinski definition) is 2. The minimum absolute atomic E-state index is 0.288. The molecule has 2 N–H and O–H groups in total. The molecule has 1 unspecified atom stereocenters. The molecule has 0 aromatic rings. The highest BCUT2D eigenvalue weighted by atomic mass is 35.5. The number of aliphatic hydroxyl groups is 1. The van der Waals surface area contributed by atoms with E-state index in [1.165, 1.54) is 12.8 Å². The van der Waals surface area contributed by atoms with E-state index in [0.717, 1.165) is 25.1 Å². The van der Waals surface area contributed by atoms with Crippen molar-refractivity contribution >= 4 is 11.6 Å². The van der Waals surface area contributed by atoms with E-state index in [2.05, 4.69) is 12.2 Å². The first-order valence-electron chi connectivity index (χ1n) is 5.32. The van der Waals surface area contributed by atoms with Gasteiger partial charge in [-0.05, 0) is 37.8 Å². The Hall–Kier alpha value is -0.0500. The zero-order chi connectivity index (χ0) is 10.8. The van der Waals surface area contributed by atoms with Gasteiger partial charge in [-0.25, -0.2) is 0 Å². The van der Waals surface area contributed by atoms with Crippen LogP contribution in [0.2, 0.25) is 0 Å². The lowest BCUT2D eigenvalue weighted by Gasteiger charge is -2.15. The zero-order valence-corrected chi connectivity index (χ0v) is 9.98. The molecule has 0 fully saturated rings. The van der Waals surface area contributed by atoms with E-state index in [9.17, 15) is 0 Å². The molecular weight excluding hydrogens is 198 g/mol. The van der Waals surface area contributed by atoms with Crippen LogP contribution >= 0.6 is 11.6 Å². The summed E-state index contributed by atoms with van der Waals surface area (Å²) in [6.45, 7) is 6.28. The van der Waals surface area contributed by atoms with Crippen molar-refractivity contribution < 1.29 is 5.11 Å². The molecule has 0 saturated heterocycles. The summed E-state index contributed by atoms with van der Waals surface area (Å²) in [4.78, 5) is 0. The maximum absolute atomic E-state index is 8.86. The minimum atomic E-state index is 0.288. The molecule has 0 bridgehead atoms. The molecule has 2 nitrogen and oxygen atoms in total. The summed E-state index contributed by atoms with van der Waals surface area (Å²) in [6.07, 6.45) is 3.25. The van der Waals surface area contributed by atoms with Crippen LogP contribution in [0.25, 0.3) is 0 Å². The molecular formula is C11H22ClNO. The molecule has 0 aliphatic heterocycles. The van der Waals surface area contributed by atoms with Gasteiger partial charge in [0, 0.05) is 18.7 Å². The van der Waals surface area contributed by atoms with Gasteiger partial charge in [-0.3, -0.25) is 0 Å². The van der Waals surface area contributed by atoms with Gasteiger partial charge in [0.05, 0.1) is 0 Å². The van der Waals surface area contributed by atoms with E-state index in [1.54, 1.807) is 5.54 Å². The van der Waals surface area contributed by atoms with Crippen molar-refractivity contribution in [2.75, 3.05) is 19.7 Å². The smallest absolute Gasteiger partial charge is 0.0434 e. The molecule has 0 spiro atoms. The van der Waals surface area contributed by atoms with Crippen LogP contribution in [-0.2, 0) is 0 Å². The van der Waals surface area contributed by atoms with Crippen LogP contribution in [0.3, 0.4) is 0 Å². The monoisotopic (exact) mass is 219 g/mol. The molecule has 0 aromatic carbocycles. The van der Waals surface area contributed by atoms with Crippen molar-refractivity contribution in [1.82, 2.24) is 5.32 Å². The third-order valence-electron chi connectivity index (χ3n) is 2.26. The Kier molecular flexibility index (Phi) is 9.47. The van der Waals surface area contributed by atoms with Crippen molar-refractivity contribution in [1.29, 1.82) is 0 Å². The minimum Gasteiger partial charge on any atom is -0.396 e. The predicted octanol–water partition coefficient (Wildman–Crippen LogP) is 2.52. The summed E-state index contributed by atoms with van der Waals surface area (Å²) in [6, 6.07) is 0. The van der Waals surface area contributed by atoms with Crippen LogP contribution < -0.4 is 5.32 Å². The van der Waals surface area contributed by atoms with Crippen LogP contribution in [-0.4, -0.2) is 24.8 Å². The molecule has 0 rings (SSSR count). The lowest BCUT2D eigenvalue weighted by molar-refractivity contribution is 0.249. The first-order chi connectivity index (χ1) is 6.74. The summed E-state index contributed by atoms with van der Waals surface area (Å²) >= 11 is 5.55. The molecule has 3 heteroatoms. The lowest BCUT2D eigenvalue weighted by Crippen LogP contribution is -2.25. The first kappa shape index (κ1) is 13.9. The summed E-state index contributed by atoms with van der Waals surface area (Å²) in [7, 11) is 0. The second-order valence-corrected chi connectivity index (χ2v) is 3.97. The van der Waals surface area contributed by atoms with Gasteiger partial charge in [0.25, 0.3) is 0 Å². The summed E-state index contributed by atoms with van der Waals surface area (Å²) in [5.74, 6) is 0.591. The molecule has 0 aliphatic rings. The molecule has 0 amide bonds. The molecule has 84 valence electrons. The second-order valence-electron chi connectivity index (χ2n) is 3.75. The Bertz CT molecular complexity index is 153. The zero-order valence-electron chi connectivity index (χ0n) is 9.22. The average molecular weight is 220 g/mol. The largest absolute Gasteiger partial charge is 0.396 e. The van der Waals surface area contributed by atoms with E-state index in [1.807, 2.05) is 6.92 Å². The van der Waals surface area contributed by atoms with Gasteiger partial charge in [-0.2, -0.15) is 0 Å². The van der Waals surface area contributed by atoms with Crippen molar-refractivity contribution in [2.45, 2.75) is 33.1 Å². The fourth-order valence-electron chi connectivity index (χ4n) is 1.45. The number of nitrogens with one attached hydrogen (secondary N) is 1. The SMILES string of the molecule is CCCC(CCO)CNCC(C)=CCl. The molecule has 0 heterocycles. The fourth-order valence-corrected chi connectivity index (χ4v) is 1.53. The number of halogens is 1. The molecule has 14 heavy (non-hydrogen) atoms. The third kappa shape index (κ3) is 7.36. The van der Waals surface area contributed by atoms with Crippen molar-refractivity contribution in [3.63, 3.8) is 0 Å². The van der Waals surface area contributed by atoms with E-state index >= 15 is 0 Å². The second kappa shape index (κ2) is 9.50. The van der Waals surface area contributed by atoms with Gasteiger partial charge in [-0.1, -0.05) is 24.9 Å². The number of aliphatic hydroxyl groups excluding tert-OH is 1. The molecule has 0 aromatic heterocycles. The molecule has 0 radical (unpaired) electrons. The van der Waals surface area contributed by atoms with Crippen LogP contribution in [0, 0.1) is 5.92 Å². The first-order valence-corrected chi connectivity index (χ1v) is 5.75. The Morgan fingerprint density at radius 3 is 2.71 bits per heavy atom. The van der Waals surface area contributed by atoms with Crippen LogP contribution in [0.4, 0.5) is 0 Å². The Morgan fingerprint density at radius 2 is 2.21 bits per heavy atom. The maximum Gasteiger partial charge on any atom is 0.0434 e. The van der Waals surface area contributed by atoms with Crippen LogP contribution in [0.15, 0.2) is 11.1 Å². The highest BCUT2D eigenvalue weighted by molar-refractivity contribution is 6.25. The third-order valence-corrected chi connectivity index (χ3v) is 2.63. The van der Waals surface area contributed by atoms with Gasteiger partial charge in [0.1, 0.15) is 0 Å². The van der Waals surface area contributed by atoms with E-state index < -0.39 is 0 Å². The number of rotatable bonds is 8. The van der Waals surface area contributed by atoms with Crippen molar-refractivity contribution in [3.8, 4) is 0 Å². The standard InChI is InChI=1S/C11H22ClNO/c1-3-4-11(5-6-14)9-13-8-10(2)7-12/h7,11,13-14H,3-6,8-9H2,1-2H3. The van der Waals surface area contributed by atoms with E-state index in [4.69, 9.17) is 16.7 Å². The van der Waals surface area contributed by atoms with Gasteiger partial charge in [0.15, 0.2) is 0 Å². The Balaban J connectivity index is 3.59. The molecule has 1 atom stereocenters. The normalized spacial score (nSPS) is 14.4. The summed E-state index contributed by atoms with van der Waals surface area (Å²) < 4.78 is 0. The highest BCUT2D eigenvalue weighted by Crippen LogP contribution is 2.09. The molecule has 0 aliphatic carbocycles. The van der Waals surface area contributed by atoms with Crippen LogP contribution in [0.5, 0.6) is 0 Å². The van der Waals surface area contributed by atoms with Gasteiger partial charge >= 0.3 is 0 Å². The summed E-state index contributed by atoms with van der Waals surface area (Å²) in [5, 5.41) is 12.2. The highest BCUT2D eigenvalue weighted by Gasteiger charge is 2.05. The Labute approximate surface area is 92.3 Å². The predicted molar refractivity (Wildman–Crippen MR) is 62.6 cm³/mol. The number of hydrogen-bond donors (Lipinski definition) is 2. The van der Waals surface area contributed by atoms with E-state index in [-0.39, 0.29) is 6.61 Å². The maximum atomic E-state index is 8.86. The quantitative estimate of drug-likeness (QED) is 0.658. The average Bonchev–Trinajstić information content (AvgIpc) is 2.18. The Morgan fingerprint density at radius 1 is 1.50 bits per heavy atom. The molecule has 0 saturated carbocycles. The topological polar surface area (TPSA) is 32.3 Å². The van der Waals surface area contributed by atoms with Crippen molar-refractivity contribution in [2.24, 2.45) is 5.92 Å².